The Morgan fingerprint density at radius 2 is 2.22 bits per heavy atom. The first-order valence-corrected chi connectivity index (χ1v) is 7.18. The van der Waals surface area contributed by atoms with Gasteiger partial charge >= 0.3 is 0 Å². The van der Waals surface area contributed by atoms with Gasteiger partial charge in [0.15, 0.2) is 0 Å². The molecular formula is C13H19Cl2N3. The standard InChI is InChI=1S/C13H19Cl2N3/c1-10-9-17(2)4-3-5-18(10)13-12(15)6-11(7-14)8-16-13/h6,8,10H,3-5,7,9H2,1-2H3. The van der Waals surface area contributed by atoms with Gasteiger partial charge in [-0.25, -0.2) is 4.98 Å². The van der Waals surface area contributed by atoms with Gasteiger partial charge < -0.3 is 9.80 Å². The van der Waals surface area contributed by atoms with Crippen molar-refractivity contribution in [1.82, 2.24) is 9.88 Å². The van der Waals surface area contributed by atoms with Crippen LogP contribution in [0.25, 0.3) is 0 Å². The summed E-state index contributed by atoms with van der Waals surface area (Å²) < 4.78 is 0. The molecule has 0 aromatic carbocycles. The average molecular weight is 288 g/mol. The highest BCUT2D eigenvalue weighted by atomic mass is 35.5. The number of anilines is 1. The molecule has 0 amide bonds. The van der Waals surface area contributed by atoms with Gasteiger partial charge in [0, 0.05) is 31.2 Å². The van der Waals surface area contributed by atoms with E-state index in [0.717, 1.165) is 37.4 Å². The Morgan fingerprint density at radius 3 is 2.89 bits per heavy atom. The number of hydrogen-bond acceptors (Lipinski definition) is 3. The molecule has 2 rings (SSSR count). The van der Waals surface area contributed by atoms with Gasteiger partial charge in [-0.15, -0.1) is 11.6 Å². The number of nitrogens with zero attached hydrogens (tertiary/aromatic N) is 3. The first-order chi connectivity index (χ1) is 8.61. The van der Waals surface area contributed by atoms with Gasteiger partial charge in [-0.1, -0.05) is 11.6 Å². The molecule has 0 bridgehead atoms. The Morgan fingerprint density at radius 1 is 1.44 bits per heavy atom. The van der Waals surface area contributed by atoms with Gasteiger partial charge in [0.2, 0.25) is 0 Å². The summed E-state index contributed by atoms with van der Waals surface area (Å²) in [6.07, 6.45) is 2.95. The summed E-state index contributed by atoms with van der Waals surface area (Å²) in [7, 11) is 2.16. The molecule has 100 valence electrons. The number of likely N-dealkylation sites (N-methyl/N-ethyl adjacent to an activating group) is 1. The Bertz CT molecular complexity index is 411. The van der Waals surface area contributed by atoms with E-state index in [1.807, 2.05) is 12.3 Å². The zero-order valence-corrected chi connectivity index (χ0v) is 12.4. The Balaban J connectivity index is 2.24. The smallest absolute Gasteiger partial charge is 0.147 e. The predicted octanol–water partition coefficient (Wildman–Crippen LogP) is 3.00. The van der Waals surface area contributed by atoms with Crippen LogP contribution in [0, 0.1) is 0 Å². The lowest BCUT2D eigenvalue weighted by Crippen LogP contribution is -2.38. The van der Waals surface area contributed by atoms with E-state index in [-0.39, 0.29) is 0 Å². The second kappa shape index (κ2) is 6.09. The summed E-state index contributed by atoms with van der Waals surface area (Å²) in [5, 5.41) is 0.699. The number of hydrogen-bond donors (Lipinski definition) is 0. The third-order valence-corrected chi connectivity index (χ3v) is 3.94. The van der Waals surface area contributed by atoms with Crippen LogP contribution in [0.2, 0.25) is 5.02 Å². The Hall–Kier alpha value is -0.510. The predicted molar refractivity (Wildman–Crippen MR) is 77.7 cm³/mol. The van der Waals surface area contributed by atoms with Crippen LogP contribution < -0.4 is 4.90 Å². The highest BCUT2D eigenvalue weighted by Crippen LogP contribution is 2.27. The highest BCUT2D eigenvalue weighted by Gasteiger charge is 2.22. The van der Waals surface area contributed by atoms with Crippen molar-refractivity contribution in [3.8, 4) is 0 Å². The maximum Gasteiger partial charge on any atom is 0.147 e. The molecule has 1 unspecified atom stereocenters. The van der Waals surface area contributed by atoms with Gasteiger partial charge in [-0.2, -0.15) is 0 Å². The third-order valence-electron chi connectivity index (χ3n) is 3.35. The summed E-state index contributed by atoms with van der Waals surface area (Å²) in [4.78, 5) is 9.13. The second-order valence-electron chi connectivity index (χ2n) is 4.94. The van der Waals surface area contributed by atoms with Gasteiger partial charge in [0.1, 0.15) is 5.82 Å². The third kappa shape index (κ3) is 3.08. The van der Waals surface area contributed by atoms with E-state index in [1.165, 1.54) is 0 Å². The monoisotopic (exact) mass is 287 g/mol. The SMILES string of the molecule is CC1CN(C)CCCN1c1ncc(CCl)cc1Cl. The van der Waals surface area contributed by atoms with Crippen LogP contribution in [-0.4, -0.2) is 42.6 Å². The summed E-state index contributed by atoms with van der Waals surface area (Å²) in [6, 6.07) is 2.34. The number of aromatic nitrogens is 1. The van der Waals surface area contributed by atoms with Crippen molar-refractivity contribution in [3.05, 3.63) is 22.8 Å². The normalized spacial score (nSPS) is 22.0. The lowest BCUT2D eigenvalue weighted by Gasteiger charge is -2.29. The Labute approximate surface area is 119 Å². The molecule has 0 spiro atoms. The van der Waals surface area contributed by atoms with E-state index in [4.69, 9.17) is 23.2 Å². The van der Waals surface area contributed by atoms with Crippen LogP contribution in [0.4, 0.5) is 5.82 Å². The molecule has 3 nitrogen and oxygen atoms in total. The van der Waals surface area contributed by atoms with Crippen LogP contribution in [0.1, 0.15) is 18.9 Å². The van der Waals surface area contributed by atoms with E-state index >= 15 is 0 Å². The quantitative estimate of drug-likeness (QED) is 0.780. The van der Waals surface area contributed by atoms with Gasteiger partial charge in [0.05, 0.1) is 5.02 Å². The summed E-state index contributed by atoms with van der Waals surface area (Å²) in [5.41, 5.74) is 0.963. The molecule has 5 heteroatoms. The zero-order valence-electron chi connectivity index (χ0n) is 10.9. The van der Waals surface area contributed by atoms with E-state index in [1.54, 1.807) is 0 Å². The molecule has 1 aromatic heterocycles. The zero-order chi connectivity index (χ0) is 13.1. The van der Waals surface area contributed by atoms with Crippen molar-refractivity contribution in [1.29, 1.82) is 0 Å². The number of rotatable bonds is 2. The Kier molecular flexibility index (Phi) is 4.71. The molecule has 1 aliphatic heterocycles. The van der Waals surface area contributed by atoms with E-state index in [2.05, 4.69) is 28.8 Å². The van der Waals surface area contributed by atoms with Crippen molar-refractivity contribution in [2.45, 2.75) is 25.3 Å². The van der Waals surface area contributed by atoms with Crippen LogP contribution in [0.3, 0.4) is 0 Å². The molecule has 0 radical (unpaired) electrons. The summed E-state index contributed by atoms with van der Waals surface area (Å²) >= 11 is 12.1. The molecule has 0 N–H and O–H groups in total. The average Bonchev–Trinajstić information content (AvgIpc) is 2.50. The topological polar surface area (TPSA) is 19.4 Å². The van der Waals surface area contributed by atoms with Crippen molar-refractivity contribution >= 4 is 29.0 Å². The van der Waals surface area contributed by atoms with E-state index in [9.17, 15) is 0 Å². The van der Waals surface area contributed by atoms with Crippen molar-refractivity contribution in [2.24, 2.45) is 0 Å². The lowest BCUT2D eigenvalue weighted by molar-refractivity contribution is 0.337. The first-order valence-electron chi connectivity index (χ1n) is 6.27. The largest absolute Gasteiger partial charge is 0.351 e. The van der Waals surface area contributed by atoms with Crippen LogP contribution in [0.15, 0.2) is 12.3 Å². The molecule has 1 aliphatic rings. The lowest BCUT2D eigenvalue weighted by atomic mass is 10.2. The minimum atomic E-state index is 0.421. The molecular weight excluding hydrogens is 269 g/mol. The number of alkyl halides is 1. The van der Waals surface area contributed by atoms with Crippen molar-refractivity contribution < 1.29 is 0 Å². The van der Waals surface area contributed by atoms with Gasteiger partial charge in [0.25, 0.3) is 0 Å². The summed E-state index contributed by atoms with van der Waals surface area (Å²) in [6.45, 7) is 5.38. The number of halogens is 2. The molecule has 1 aromatic rings. The van der Waals surface area contributed by atoms with Crippen LogP contribution in [0.5, 0.6) is 0 Å². The van der Waals surface area contributed by atoms with Gasteiger partial charge in [-0.3, -0.25) is 0 Å². The fraction of sp³-hybridized carbons (Fsp3) is 0.615. The highest BCUT2D eigenvalue weighted by molar-refractivity contribution is 6.33. The second-order valence-corrected chi connectivity index (χ2v) is 5.62. The molecule has 1 fully saturated rings. The van der Waals surface area contributed by atoms with Crippen molar-refractivity contribution in [3.63, 3.8) is 0 Å². The fourth-order valence-corrected chi connectivity index (χ4v) is 2.89. The van der Waals surface area contributed by atoms with Gasteiger partial charge in [-0.05, 0) is 38.6 Å². The molecule has 2 heterocycles. The molecule has 1 atom stereocenters. The maximum absolute atomic E-state index is 6.32. The fourth-order valence-electron chi connectivity index (χ4n) is 2.44. The van der Waals surface area contributed by atoms with Crippen molar-refractivity contribution in [2.75, 3.05) is 31.6 Å². The first kappa shape index (κ1) is 13.9. The number of pyridine rings is 1. The van der Waals surface area contributed by atoms with E-state index < -0.39 is 0 Å². The van der Waals surface area contributed by atoms with E-state index in [0.29, 0.717) is 16.9 Å². The van der Waals surface area contributed by atoms with Crippen LogP contribution >= 0.6 is 23.2 Å². The minimum Gasteiger partial charge on any atom is -0.351 e. The molecule has 18 heavy (non-hydrogen) atoms. The molecule has 0 aliphatic carbocycles. The molecule has 1 saturated heterocycles. The van der Waals surface area contributed by atoms with Crippen LogP contribution in [-0.2, 0) is 5.88 Å². The molecule has 0 saturated carbocycles. The minimum absolute atomic E-state index is 0.421. The maximum atomic E-state index is 6.32. The summed E-state index contributed by atoms with van der Waals surface area (Å²) in [5.74, 6) is 1.33.